The quantitative estimate of drug-likeness (QED) is 0.282. The van der Waals surface area contributed by atoms with Gasteiger partial charge in [-0.3, -0.25) is 14.6 Å². The SMILES string of the molecule is O=C1N(CCCN2CCN(c3ccccc3)CC2)C(c2ccccc2)=NC1(c1ccc(F)cc1)c1ccc(F)cc1. The van der Waals surface area contributed by atoms with Gasteiger partial charge in [-0.25, -0.2) is 13.8 Å². The summed E-state index contributed by atoms with van der Waals surface area (Å²) in [6.07, 6.45) is 0.770. The Hall–Kier alpha value is -4.36. The minimum Gasteiger partial charge on any atom is -0.369 e. The average molecular weight is 551 g/mol. The van der Waals surface area contributed by atoms with Crippen molar-refractivity contribution in [3.05, 3.63) is 138 Å². The first-order chi connectivity index (χ1) is 20.0. The normalized spacial score (nSPS) is 17.1. The second-order valence-corrected chi connectivity index (χ2v) is 10.5. The minimum atomic E-state index is -1.44. The van der Waals surface area contributed by atoms with E-state index in [1.165, 1.54) is 30.0 Å². The van der Waals surface area contributed by atoms with E-state index < -0.39 is 17.2 Å². The van der Waals surface area contributed by atoms with Gasteiger partial charge in [0.25, 0.3) is 5.91 Å². The number of nitrogens with zero attached hydrogens (tertiary/aromatic N) is 4. The molecule has 4 aromatic carbocycles. The zero-order valence-corrected chi connectivity index (χ0v) is 22.8. The second kappa shape index (κ2) is 11.6. The molecule has 0 N–H and O–H groups in total. The number of carbonyl (C=O) groups is 1. The molecule has 1 saturated heterocycles. The van der Waals surface area contributed by atoms with E-state index in [9.17, 15) is 13.6 Å². The van der Waals surface area contributed by atoms with Gasteiger partial charge in [-0.1, -0.05) is 72.8 Å². The summed E-state index contributed by atoms with van der Waals surface area (Å²) >= 11 is 0. The summed E-state index contributed by atoms with van der Waals surface area (Å²) < 4.78 is 27.9. The third-order valence-electron chi connectivity index (χ3n) is 7.99. The van der Waals surface area contributed by atoms with Crippen LogP contribution in [0.4, 0.5) is 14.5 Å². The molecule has 7 heteroatoms. The molecule has 208 valence electrons. The van der Waals surface area contributed by atoms with E-state index in [2.05, 4.69) is 34.1 Å². The van der Waals surface area contributed by atoms with Gasteiger partial charge in [0.05, 0.1) is 0 Å². The molecule has 0 aliphatic carbocycles. The number of carbonyl (C=O) groups excluding carboxylic acids is 1. The second-order valence-electron chi connectivity index (χ2n) is 10.5. The Morgan fingerprint density at radius 3 is 1.76 bits per heavy atom. The van der Waals surface area contributed by atoms with Crippen molar-refractivity contribution in [3.8, 4) is 0 Å². The number of para-hydroxylation sites is 1. The summed E-state index contributed by atoms with van der Waals surface area (Å²) in [5.74, 6) is -0.448. The highest BCUT2D eigenvalue weighted by molar-refractivity contribution is 6.16. The van der Waals surface area contributed by atoms with Gasteiger partial charge < -0.3 is 4.90 Å². The molecule has 0 bridgehead atoms. The molecule has 0 unspecified atom stereocenters. The van der Waals surface area contributed by atoms with Crippen LogP contribution in [0.25, 0.3) is 0 Å². The van der Waals surface area contributed by atoms with Crippen molar-refractivity contribution in [2.45, 2.75) is 12.0 Å². The number of piperazine rings is 1. The number of anilines is 1. The Morgan fingerprint density at radius 2 is 1.20 bits per heavy atom. The Balaban J connectivity index is 1.26. The first-order valence-corrected chi connectivity index (χ1v) is 14.1. The summed E-state index contributed by atoms with van der Waals surface area (Å²) in [5.41, 5.74) is 1.72. The lowest BCUT2D eigenvalue weighted by Crippen LogP contribution is -2.47. The fourth-order valence-electron chi connectivity index (χ4n) is 5.82. The summed E-state index contributed by atoms with van der Waals surface area (Å²) in [7, 11) is 0. The van der Waals surface area contributed by atoms with Gasteiger partial charge in [0.15, 0.2) is 5.54 Å². The lowest BCUT2D eigenvalue weighted by atomic mass is 9.82. The zero-order chi connectivity index (χ0) is 28.2. The smallest absolute Gasteiger partial charge is 0.265 e. The van der Waals surface area contributed by atoms with Crippen LogP contribution in [0, 0.1) is 11.6 Å². The highest BCUT2D eigenvalue weighted by Crippen LogP contribution is 2.41. The Morgan fingerprint density at radius 1 is 0.659 bits per heavy atom. The summed E-state index contributed by atoms with van der Waals surface area (Å²) in [4.78, 5) is 26.1. The van der Waals surface area contributed by atoms with E-state index in [0.717, 1.165) is 44.7 Å². The van der Waals surface area contributed by atoms with Gasteiger partial charge in [-0.05, 0) is 60.5 Å². The van der Waals surface area contributed by atoms with Crippen molar-refractivity contribution in [2.24, 2.45) is 4.99 Å². The molecule has 6 rings (SSSR count). The van der Waals surface area contributed by atoms with E-state index in [1.807, 2.05) is 36.4 Å². The van der Waals surface area contributed by atoms with Gasteiger partial charge >= 0.3 is 0 Å². The van der Waals surface area contributed by atoms with Gasteiger partial charge in [-0.15, -0.1) is 0 Å². The molecular weight excluding hydrogens is 518 g/mol. The van der Waals surface area contributed by atoms with Crippen LogP contribution in [0.15, 0.2) is 114 Å². The number of amidine groups is 1. The van der Waals surface area contributed by atoms with Crippen LogP contribution in [-0.2, 0) is 10.3 Å². The predicted octanol–water partition coefficient (Wildman–Crippen LogP) is 5.71. The van der Waals surface area contributed by atoms with Crippen LogP contribution in [0.3, 0.4) is 0 Å². The van der Waals surface area contributed by atoms with Gasteiger partial charge in [-0.2, -0.15) is 0 Å². The number of aliphatic imine (C=N–C) groups is 1. The lowest BCUT2D eigenvalue weighted by Gasteiger charge is -2.36. The van der Waals surface area contributed by atoms with Gasteiger partial charge in [0.2, 0.25) is 0 Å². The molecule has 1 fully saturated rings. The standard InChI is InChI=1S/C34H32F2N4O/c35-29-16-12-27(13-17-29)34(28-14-18-30(36)19-15-28)33(41)40(32(37-34)26-8-3-1-4-9-26)21-7-20-38-22-24-39(25-23-38)31-10-5-2-6-11-31/h1-6,8-19H,7,20-25H2. The van der Waals surface area contributed by atoms with Crippen LogP contribution in [-0.4, -0.2) is 60.8 Å². The van der Waals surface area contributed by atoms with Crippen molar-refractivity contribution in [1.82, 2.24) is 9.80 Å². The molecule has 0 saturated carbocycles. The molecule has 0 atom stereocenters. The number of hydrogen-bond acceptors (Lipinski definition) is 4. The monoisotopic (exact) mass is 550 g/mol. The van der Waals surface area contributed by atoms with Crippen LogP contribution < -0.4 is 4.90 Å². The van der Waals surface area contributed by atoms with E-state index in [-0.39, 0.29) is 5.91 Å². The molecule has 41 heavy (non-hydrogen) atoms. The number of halogens is 2. The van der Waals surface area contributed by atoms with Gasteiger partial charge in [0, 0.05) is 44.0 Å². The largest absolute Gasteiger partial charge is 0.369 e. The van der Waals surface area contributed by atoms with Gasteiger partial charge in [0.1, 0.15) is 17.5 Å². The van der Waals surface area contributed by atoms with Crippen LogP contribution in [0.5, 0.6) is 0 Å². The Bertz CT molecular complexity index is 1450. The number of rotatable bonds is 8. The molecule has 2 aliphatic heterocycles. The average Bonchev–Trinajstić information content (AvgIpc) is 3.32. The third-order valence-corrected chi connectivity index (χ3v) is 7.99. The van der Waals surface area contributed by atoms with Crippen LogP contribution in [0.2, 0.25) is 0 Å². The molecule has 0 spiro atoms. The van der Waals surface area contributed by atoms with Crippen molar-refractivity contribution in [2.75, 3.05) is 44.2 Å². The molecule has 4 aromatic rings. The minimum absolute atomic E-state index is 0.219. The zero-order valence-electron chi connectivity index (χ0n) is 22.8. The number of hydrogen-bond donors (Lipinski definition) is 0. The molecular formula is C34H32F2N4O. The first-order valence-electron chi connectivity index (χ1n) is 14.1. The van der Waals surface area contributed by atoms with E-state index in [1.54, 1.807) is 29.2 Å². The summed E-state index contributed by atoms with van der Waals surface area (Å²) in [6.45, 7) is 5.17. The fourth-order valence-corrected chi connectivity index (χ4v) is 5.82. The summed E-state index contributed by atoms with van der Waals surface area (Å²) in [6, 6.07) is 31.8. The van der Waals surface area contributed by atoms with Crippen LogP contribution in [0.1, 0.15) is 23.1 Å². The van der Waals surface area contributed by atoms with Crippen molar-refractivity contribution < 1.29 is 13.6 Å². The lowest BCUT2D eigenvalue weighted by molar-refractivity contribution is -0.130. The maximum Gasteiger partial charge on any atom is 0.265 e. The highest BCUT2D eigenvalue weighted by Gasteiger charge is 2.51. The van der Waals surface area contributed by atoms with Crippen molar-refractivity contribution in [3.63, 3.8) is 0 Å². The van der Waals surface area contributed by atoms with E-state index in [4.69, 9.17) is 4.99 Å². The maximum absolute atomic E-state index is 14.5. The topological polar surface area (TPSA) is 39.2 Å². The number of benzene rings is 4. The molecule has 0 aromatic heterocycles. The highest BCUT2D eigenvalue weighted by atomic mass is 19.1. The third kappa shape index (κ3) is 5.37. The van der Waals surface area contributed by atoms with E-state index >= 15 is 0 Å². The molecule has 1 amide bonds. The molecule has 2 heterocycles. The first kappa shape index (κ1) is 26.8. The van der Waals surface area contributed by atoms with Crippen LogP contribution >= 0.6 is 0 Å². The Kier molecular flexibility index (Phi) is 7.61. The molecule has 2 aliphatic rings. The number of amides is 1. The summed E-state index contributed by atoms with van der Waals surface area (Å²) in [5, 5.41) is 0. The Labute approximate surface area is 239 Å². The predicted molar refractivity (Wildman–Crippen MR) is 158 cm³/mol. The van der Waals surface area contributed by atoms with Crippen molar-refractivity contribution >= 4 is 17.4 Å². The molecule has 5 nitrogen and oxygen atoms in total. The fraction of sp³-hybridized carbons (Fsp3) is 0.235. The maximum atomic E-state index is 14.5. The van der Waals surface area contributed by atoms with Crippen molar-refractivity contribution in [1.29, 1.82) is 0 Å². The van der Waals surface area contributed by atoms with E-state index in [0.29, 0.717) is 23.5 Å². The molecule has 0 radical (unpaired) electrons.